The summed E-state index contributed by atoms with van der Waals surface area (Å²) in [5.74, 6) is 0.0927. The van der Waals surface area contributed by atoms with Crippen molar-refractivity contribution in [2.75, 3.05) is 25.0 Å². The SMILES string of the molecule is CC(=O)NCCCNC(C)C(=O)c1ccc2c(c1)CCN2. The molecule has 2 rings (SSSR count). The first-order valence-electron chi connectivity index (χ1n) is 7.47. The van der Waals surface area contributed by atoms with Crippen LogP contribution in [0.2, 0.25) is 0 Å². The lowest BCUT2D eigenvalue weighted by Gasteiger charge is -2.13. The molecule has 0 bridgehead atoms. The number of benzene rings is 1. The monoisotopic (exact) mass is 289 g/mol. The van der Waals surface area contributed by atoms with Crippen molar-refractivity contribution >= 4 is 17.4 Å². The molecule has 5 heteroatoms. The van der Waals surface area contributed by atoms with Crippen LogP contribution in [0.5, 0.6) is 0 Å². The summed E-state index contributed by atoms with van der Waals surface area (Å²) in [6.45, 7) is 5.67. The molecule has 0 spiro atoms. The number of carbonyl (C=O) groups excluding carboxylic acids is 2. The van der Waals surface area contributed by atoms with E-state index >= 15 is 0 Å². The van der Waals surface area contributed by atoms with Gasteiger partial charge in [-0.05, 0) is 50.1 Å². The normalized spacial score (nSPS) is 14.2. The van der Waals surface area contributed by atoms with Gasteiger partial charge in [-0.1, -0.05) is 0 Å². The van der Waals surface area contributed by atoms with Crippen LogP contribution >= 0.6 is 0 Å². The third kappa shape index (κ3) is 4.29. The highest BCUT2D eigenvalue weighted by Crippen LogP contribution is 2.23. The van der Waals surface area contributed by atoms with Gasteiger partial charge in [0.15, 0.2) is 5.78 Å². The van der Waals surface area contributed by atoms with E-state index in [1.165, 1.54) is 12.5 Å². The number of rotatable bonds is 7. The lowest BCUT2D eigenvalue weighted by molar-refractivity contribution is -0.118. The average molecular weight is 289 g/mol. The summed E-state index contributed by atoms with van der Waals surface area (Å²) >= 11 is 0. The van der Waals surface area contributed by atoms with Crippen LogP contribution in [0, 0.1) is 0 Å². The van der Waals surface area contributed by atoms with Crippen molar-refractivity contribution in [3.63, 3.8) is 0 Å². The van der Waals surface area contributed by atoms with Crippen molar-refractivity contribution in [3.05, 3.63) is 29.3 Å². The standard InChI is InChI=1S/C16H23N3O2/c1-11(17-7-3-8-18-12(2)20)16(21)14-4-5-15-13(10-14)6-9-19-15/h4-5,10-11,17,19H,3,6-9H2,1-2H3,(H,18,20). The molecule has 1 aromatic rings. The quantitative estimate of drug-likeness (QED) is 0.523. The number of hydrogen-bond acceptors (Lipinski definition) is 4. The van der Waals surface area contributed by atoms with E-state index in [-0.39, 0.29) is 17.7 Å². The summed E-state index contributed by atoms with van der Waals surface area (Å²) < 4.78 is 0. The Hall–Kier alpha value is -1.88. The highest BCUT2D eigenvalue weighted by Gasteiger charge is 2.17. The van der Waals surface area contributed by atoms with Gasteiger partial charge in [-0.25, -0.2) is 0 Å². The van der Waals surface area contributed by atoms with E-state index in [1.807, 2.05) is 25.1 Å². The second-order valence-electron chi connectivity index (χ2n) is 5.43. The van der Waals surface area contributed by atoms with Gasteiger partial charge >= 0.3 is 0 Å². The third-order valence-electron chi connectivity index (χ3n) is 3.67. The fourth-order valence-electron chi connectivity index (χ4n) is 2.47. The van der Waals surface area contributed by atoms with Crippen LogP contribution in [0.15, 0.2) is 18.2 Å². The molecule has 114 valence electrons. The van der Waals surface area contributed by atoms with Gasteiger partial charge in [-0.3, -0.25) is 9.59 Å². The maximum atomic E-state index is 12.4. The van der Waals surface area contributed by atoms with E-state index in [2.05, 4.69) is 16.0 Å². The highest BCUT2D eigenvalue weighted by atomic mass is 16.1. The summed E-state index contributed by atoms with van der Waals surface area (Å²) in [7, 11) is 0. The Morgan fingerprint density at radius 1 is 1.33 bits per heavy atom. The Bertz CT molecular complexity index is 528. The van der Waals surface area contributed by atoms with Crippen molar-refractivity contribution < 1.29 is 9.59 Å². The summed E-state index contributed by atoms with van der Waals surface area (Å²) in [6.07, 6.45) is 1.79. The number of ketones is 1. The molecule has 21 heavy (non-hydrogen) atoms. The molecule has 1 unspecified atom stereocenters. The van der Waals surface area contributed by atoms with Crippen molar-refractivity contribution in [2.45, 2.75) is 32.7 Å². The van der Waals surface area contributed by atoms with Crippen LogP contribution in [0.25, 0.3) is 0 Å². The fraction of sp³-hybridized carbons (Fsp3) is 0.500. The van der Waals surface area contributed by atoms with Gasteiger partial charge in [-0.2, -0.15) is 0 Å². The van der Waals surface area contributed by atoms with Gasteiger partial charge in [-0.15, -0.1) is 0 Å². The average Bonchev–Trinajstić information content (AvgIpc) is 2.92. The second-order valence-corrected chi connectivity index (χ2v) is 5.43. The Balaban J connectivity index is 1.81. The van der Waals surface area contributed by atoms with E-state index in [9.17, 15) is 9.59 Å². The fourth-order valence-corrected chi connectivity index (χ4v) is 2.47. The molecule has 5 nitrogen and oxygen atoms in total. The Morgan fingerprint density at radius 2 is 2.14 bits per heavy atom. The second kappa shape index (κ2) is 7.22. The molecule has 1 heterocycles. The molecule has 1 atom stereocenters. The number of nitrogens with one attached hydrogen (secondary N) is 3. The van der Waals surface area contributed by atoms with Crippen molar-refractivity contribution in [1.29, 1.82) is 0 Å². The molecule has 1 aliphatic heterocycles. The van der Waals surface area contributed by atoms with Crippen LogP contribution < -0.4 is 16.0 Å². The number of carbonyl (C=O) groups is 2. The molecule has 1 aromatic carbocycles. The molecule has 0 radical (unpaired) electrons. The Morgan fingerprint density at radius 3 is 2.90 bits per heavy atom. The predicted molar refractivity (Wildman–Crippen MR) is 83.7 cm³/mol. The molecule has 1 amide bonds. The molecule has 0 aromatic heterocycles. The third-order valence-corrected chi connectivity index (χ3v) is 3.67. The van der Waals surface area contributed by atoms with Crippen LogP contribution in [-0.2, 0) is 11.2 Å². The highest BCUT2D eigenvalue weighted by molar-refractivity contribution is 6.00. The number of hydrogen-bond donors (Lipinski definition) is 3. The smallest absolute Gasteiger partial charge is 0.216 e. The van der Waals surface area contributed by atoms with Crippen LogP contribution in [-0.4, -0.2) is 37.4 Å². The predicted octanol–water partition coefficient (Wildman–Crippen LogP) is 1.34. The lowest BCUT2D eigenvalue weighted by atomic mass is 10.0. The maximum absolute atomic E-state index is 12.4. The molecule has 0 saturated heterocycles. The van der Waals surface area contributed by atoms with Crippen molar-refractivity contribution in [3.8, 4) is 0 Å². The maximum Gasteiger partial charge on any atom is 0.216 e. The topological polar surface area (TPSA) is 70.2 Å². The van der Waals surface area contributed by atoms with E-state index in [4.69, 9.17) is 0 Å². The van der Waals surface area contributed by atoms with Gasteiger partial charge in [0.1, 0.15) is 0 Å². The molecular weight excluding hydrogens is 266 g/mol. The largest absolute Gasteiger partial charge is 0.384 e. The van der Waals surface area contributed by atoms with E-state index in [0.717, 1.165) is 30.6 Å². The molecule has 0 aliphatic carbocycles. The first kappa shape index (κ1) is 15.5. The van der Waals surface area contributed by atoms with Crippen molar-refractivity contribution in [1.82, 2.24) is 10.6 Å². The Labute approximate surface area is 125 Å². The first-order valence-corrected chi connectivity index (χ1v) is 7.47. The van der Waals surface area contributed by atoms with Gasteiger partial charge in [0.25, 0.3) is 0 Å². The summed E-state index contributed by atoms with van der Waals surface area (Å²) in [5.41, 5.74) is 3.13. The molecule has 0 saturated carbocycles. The molecule has 0 fully saturated rings. The van der Waals surface area contributed by atoms with Crippen LogP contribution in [0.4, 0.5) is 5.69 Å². The van der Waals surface area contributed by atoms with Gasteiger partial charge in [0.2, 0.25) is 5.91 Å². The first-order chi connectivity index (χ1) is 10.1. The lowest BCUT2D eigenvalue weighted by Crippen LogP contribution is -2.36. The van der Waals surface area contributed by atoms with E-state index in [0.29, 0.717) is 13.1 Å². The minimum atomic E-state index is -0.213. The van der Waals surface area contributed by atoms with Crippen molar-refractivity contribution in [2.24, 2.45) is 0 Å². The minimum Gasteiger partial charge on any atom is -0.384 e. The number of amides is 1. The number of fused-ring (bicyclic) bond motifs is 1. The number of Topliss-reactive ketones (excluding diaryl/α,β-unsaturated/α-hetero) is 1. The molecule has 3 N–H and O–H groups in total. The van der Waals surface area contributed by atoms with E-state index < -0.39 is 0 Å². The van der Waals surface area contributed by atoms with Crippen LogP contribution in [0.1, 0.15) is 36.2 Å². The summed E-state index contributed by atoms with van der Waals surface area (Å²) in [5, 5.41) is 9.23. The van der Waals surface area contributed by atoms with E-state index in [1.54, 1.807) is 0 Å². The molecule has 1 aliphatic rings. The van der Waals surface area contributed by atoms with Gasteiger partial charge < -0.3 is 16.0 Å². The zero-order valence-corrected chi connectivity index (χ0v) is 12.7. The van der Waals surface area contributed by atoms with Gasteiger partial charge in [0.05, 0.1) is 6.04 Å². The zero-order valence-electron chi connectivity index (χ0n) is 12.7. The Kier molecular flexibility index (Phi) is 5.33. The van der Waals surface area contributed by atoms with Gasteiger partial charge in [0, 0.05) is 31.3 Å². The zero-order chi connectivity index (χ0) is 15.2. The van der Waals surface area contributed by atoms with Crippen LogP contribution in [0.3, 0.4) is 0 Å². The summed E-state index contributed by atoms with van der Waals surface area (Å²) in [6, 6.07) is 5.65. The summed E-state index contributed by atoms with van der Waals surface area (Å²) in [4.78, 5) is 23.1. The molecular formula is C16H23N3O2. The minimum absolute atomic E-state index is 0.0223. The number of anilines is 1.